The van der Waals surface area contributed by atoms with Gasteiger partial charge in [0.15, 0.2) is 11.5 Å². The Labute approximate surface area is 126 Å². The highest BCUT2D eigenvalue weighted by molar-refractivity contribution is 7.84. The Bertz CT molecular complexity index is 655. The van der Waals surface area contributed by atoms with E-state index in [1.807, 2.05) is 19.9 Å². The molecule has 0 radical (unpaired) electrons. The normalized spacial score (nSPS) is 12.2. The van der Waals surface area contributed by atoms with E-state index in [1.54, 1.807) is 25.0 Å². The highest BCUT2D eigenvalue weighted by atomic mass is 32.2. The minimum Gasteiger partial charge on any atom is -0.493 e. The van der Waals surface area contributed by atoms with Crippen LogP contribution in [0.4, 0.5) is 0 Å². The maximum absolute atomic E-state index is 12.6. The van der Waals surface area contributed by atoms with Crippen molar-refractivity contribution >= 4 is 10.8 Å². The third kappa shape index (κ3) is 3.24. The fourth-order valence-corrected chi connectivity index (χ4v) is 3.34. The van der Waals surface area contributed by atoms with Gasteiger partial charge in [0.25, 0.3) is 0 Å². The smallest absolute Gasteiger partial charge is 0.161 e. The van der Waals surface area contributed by atoms with Crippen molar-refractivity contribution in [3.63, 3.8) is 0 Å². The van der Waals surface area contributed by atoms with Gasteiger partial charge in [-0.2, -0.15) is 5.10 Å². The Hall–Kier alpha value is -1.89. The van der Waals surface area contributed by atoms with Gasteiger partial charge in [0.1, 0.15) is 12.2 Å². The van der Waals surface area contributed by atoms with Gasteiger partial charge in [-0.1, -0.05) is 0 Å². The van der Waals surface area contributed by atoms with Crippen LogP contribution < -0.4 is 9.47 Å². The van der Waals surface area contributed by atoms with Gasteiger partial charge in [-0.05, 0) is 25.5 Å². The highest BCUT2D eigenvalue weighted by Crippen LogP contribution is 2.32. The molecular formula is C14H19N3O3S. The van der Waals surface area contributed by atoms with Crippen molar-refractivity contribution in [1.82, 2.24) is 14.8 Å². The molecule has 1 atom stereocenters. The van der Waals surface area contributed by atoms with Gasteiger partial charge in [0.05, 0.1) is 30.8 Å². The van der Waals surface area contributed by atoms with Crippen molar-refractivity contribution in [3.8, 4) is 11.5 Å². The molecule has 0 aliphatic carbocycles. The van der Waals surface area contributed by atoms with E-state index in [0.29, 0.717) is 29.6 Å². The third-order valence-corrected chi connectivity index (χ3v) is 4.63. The van der Waals surface area contributed by atoms with Crippen molar-refractivity contribution in [1.29, 1.82) is 0 Å². The van der Waals surface area contributed by atoms with Crippen LogP contribution in [0.2, 0.25) is 0 Å². The molecule has 7 heteroatoms. The minimum atomic E-state index is -1.22. The van der Waals surface area contributed by atoms with Gasteiger partial charge in [-0.25, -0.2) is 9.67 Å². The van der Waals surface area contributed by atoms with Crippen molar-refractivity contribution in [2.75, 3.05) is 14.2 Å². The summed E-state index contributed by atoms with van der Waals surface area (Å²) < 4.78 is 24.9. The van der Waals surface area contributed by atoms with E-state index in [0.717, 1.165) is 10.5 Å². The van der Waals surface area contributed by atoms with E-state index in [2.05, 4.69) is 10.1 Å². The molecule has 0 unspecified atom stereocenters. The van der Waals surface area contributed by atoms with Gasteiger partial charge in [0.2, 0.25) is 0 Å². The van der Waals surface area contributed by atoms with Crippen LogP contribution in [0.5, 0.6) is 11.5 Å². The molecule has 2 aromatic rings. The quantitative estimate of drug-likeness (QED) is 0.815. The summed E-state index contributed by atoms with van der Waals surface area (Å²) in [4.78, 5) is 4.88. The molecule has 1 aromatic heterocycles. The van der Waals surface area contributed by atoms with Crippen LogP contribution in [0.1, 0.15) is 18.3 Å². The first kappa shape index (κ1) is 15.5. The van der Waals surface area contributed by atoms with Crippen molar-refractivity contribution < 1.29 is 13.7 Å². The zero-order valence-corrected chi connectivity index (χ0v) is 13.4. The van der Waals surface area contributed by atoms with Gasteiger partial charge in [0, 0.05) is 17.5 Å². The zero-order chi connectivity index (χ0) is 15.4. The molecule has 0 bridgehead atoms. The Morgan fingerprint density at radius 1 is 1.24 bits per heavy atom. The molecule has 1 heterocycles. The van der Waals surface area contributed by atoms with E-state index in [1.165, 1.54) is 6.33 Å². The molecule has 2 rings (SSSR count). The lowest BCUT2D eigenvalue weighted by molar-refractivity contribution is 0.353. The molecule has 0 spiro atoms. The highest BCUT2D eigenvalue weighted by Gasteiger charge is 2.16. The molecule has 0 N–H and O–H groups in total. The van der Waals surface area contributed by atoms with Crippen LogP contribution in [-0.2, 0) is 23.1 Å². The van der Waals surface area contributed by atoms with Gasteiger partial charge < -0.3 is 9.47 Å². The fourth-order valence-electron chi connectivity index (χ4n) is 2.07. The molecule has 1 aromatic carbocycles. The summed E-state index contributed by atoms with van der Waals surface area (Å²) in [7, 11) is 1.93. The number of hydrogen-bond donors (Lipinski definition) is 0. The first-order chi connectivity index (χ1) is 10.1. The van der Waals surface area contributed by atoms with Gasteiger partial charge >= 0.3 is 0 Å². The second-order valence-electron chi connectivity index (χ2n) is 4.45. The summed E-state index contributed by atoms with van der Waals surface area (Å²) >= 11 is 0. The van der Waals surface area contributed by atoms with Crippen LogP contribution in [0, 0.1) is 6.92 Å². The van der Waals surface area contributed by atoms with Crippen molar-refractivity contribution in [2.24, 2.45) is 0 Å². The predicted octanol–water partition coefficient (Wildman–Crippen LogP) is 1.93. The van der Waals surface area contributed by atoms with Crippen LogP contribution in [0.3, 0.4) is 0 Å². The number of rotatable bonds is 6. The van der Waals surface area contributed by atoms with E-state index in [4.69, 9.17) is 9.47 Å². The van der Waals surface area contributed by atoms with E-state index in [-0.39, 0.29) is 0 Å². The predicted molar refractivity (Wildman–Crippen MR) is 80.1 cm³/mol. The standard InChI is InChI=1S/C14H19N3O3S/c1-5-17-14(15-9-16-17)8-21(18)13-7-12(20-4)11(19-3)6-10(13)2/h6-7,9H,5,8H2,1-4H3/t21-/m0/s1. The van der Waals surface area contributed by atoms with Crippen LogP contribution in [-0.4, -0.2) is 33.2 Å². The maximum Gasteiger partial charge on any atom is 0.161 e. The minimum absolute atomic E-state index is 0.324. The number of methoxy groups -OCH3 is 2. The zero-order valence-electron chi connectivity index (χ0n) is 12.6. The lowest BCUT2D eigenvalue weighted by Crippen LogP contribution is -2.08. The Morgan fingerprint density at radius 3 is 2.52 bits per heavy atom. The van der Waals surface area contributed by atoms with Crippen LogP contribution >= 0.6 is 0 Å². The van der Waals surface area contributed by atoms with E-state index in [9.17, 15) is 4.21 Å². The Morgan fingerprint density at radius 2 is 1.90 bits per heavy atom. The molecule has 0 aliphatic rings. The number of aromatic nitrogens is 3. The van der Waals surface area contributed by atoms with Gasteiger partial charge in [-0.3, -0.25) is 4.21 Å². The fraction of sp³-hybridized carbons (Fsp3) is 0.429. The first-order valence-corrected chi connectivity index (χ1v) is 7.90. The van der Waals surface area contributed by atoms with Gasteiger partial charge in [-0.15, -0.1) is 0 Å². The lowest BCUT2D eigenvalue weighted by atomic mass is 10.2. The second kappa shape index (κ2) is 6.71. The molecule has 114 valence electrons. The third-order valence-electron chi connectivity index (χ3n) is 3.18. The summed E-state index contributed by atoms with van der Waals surface area (Å²) in [5.74, 6) is 2.24. The molecule has 0 aliphatic heterocycles. The average Bonchev–Trinajstić information content (AvgIpc) is 2.93. The molecule has 0 saturated carbocycles. The molecule has 6 nitrogen and oxygen atoms in total. The number of hydrogen-bond acceptors (Lipinski definition) is 5. The molecule has 21 heavy (non-hydrogen) atoms. The summed E-state index contributed by atoms with van der Waals surface area (Å²) in [6.07, 6.45) is 1.48. The van der Waals surface area contributed by atoms with Crippen LogP contribution in [0.25, 0.3) is 0 Å². The van der Waals surface area contributed by atoms with E-state index >= 15 is 0 Å². The number of nitrogens with zero attached hydrogens (tertiary/aromatic N) is 3. The molecule has 0 amide bonds. The number of benzene rings is 1. The summed E-state index contributed by atoms with van der Waals surface area (Å²) in [5.41, 5.74) is 0.897. The topological polar surface area (TPSA) is 66.2 Å². The molecule has 0 saturated heterocycles. The second-order valence-corrected chi connectivity index (χ2v) is 5.87. The summed E-state index contributed by atoms with van der Waals surface area (Å²) in [5, 5.41) is 4.09. The molecular weight excluding hydrogens is 290 g/mol. The largest absolute Gasteiger partial charge is 0.493 e. The average molecular weight is 309 g/mol. The maximum atomic E-state index is 12.6. The number of ether oxygens (including phenoxy) is 2. The number of aryl methyl sites for hydroxylation is 2. The summed E-state index contributed by atoms with van der Waals surface area (Å²) in [6, 6.07) is 3.59. The lowest BCUT2D eigenvalue weighted by Gasteiger charge is -2.12. The Balaban J connectivity index is 2.31. The summed E-state index contributed by atoms with van der Waals surface area (Å²) in [6.45, 7) is 4.58. The first-order valence-electron chi connectivity index (χ1n) is 6.58. The Kier molecular flexibility index (Phi) is 4.95. The van der Waals surface area contributed by atoms with Crippen molar-refractivity contribution in [3.05, 3.63) is 29.8 Å². The molecule has 0 fully saturated rings. The van der Waals surface area contributed by atoms with Crippen LogP contribution in [0.15, 0.2) is 23.4 Å². The van der Waals surface area contributed by atoms with E-state index < -0.39 is 10.8 Å². The SMILES string of the molecule is CCn1ncnc1C[S@](=O)c1cc(OC)c(OC)cc1C. The van der Waals surface area contributed by atoms with Crippen molar-refractivity contribution in [2.45, 2.75) is 31.0 Å². The monoisotopic (exact) mass is 309 g/mol.